The third-order valence-corrected chi connectivity index (χ3v) is 5.29. The van der Waals surface area contributed by atoms with Crippen molar-refractivity contribution in [2.45, 2.75) is 38.1 Å². The Morgan fingerprint density at radius 3 is 1.40 bits per heavy atom. The van der Waals surface area contributed by atoms with Crippen LogP contribution in [0.15, 0.2) is 70.9 Å². The highest BCUT2D eigenvalue weighted by molar-refractivity contribution is 6.35. The molecule has 154 valence electrons. The summed E-state index contributed by atoms with van der Waals surface area (Å²) < 4.78 is 0. The van der Waals surface area contributed by atoms with Crippen molar-refractivity contribution in [2.24, 2.45) is 10.2 Å². The van der Waals surface area contributed by atoms with Gasteiger partial charge >= 0.3 is 11.8 Å². The Balaban J connectivity index is 1.69. The van der Waals surface area contributed by atoms with Crippen molar-refractivity contribution in [1.29, 1.82) is 0 Å². The van der Waals surface area contributed by atoms with E-state index in [0.29, 0.717) is 22.6 Å². The van der Waals surface area contributed by atoms with E-state index in [0.717, 1.165) is 10.0 Å². The molecule has 0 aliphatic carbocycles. The van der Waals surface area contributed by atoms with Crippen LogP contribution in [-0.4, -0.2) is 43.5 Å². The molecular formula is C22H22N4O4. The molecule has 0 spiro atoms. The lowest BCUT2D eigenvalue weighted by Crippen LogP contribution is -2.53. The van der Waals surface area contributed by atoms with Crippen molar-refractivity contribution in [3.05, 3.63) is 71.8 Å². The van der Waals surface area contributed by atoms with Crippen molar-refractivity contribution in [3.8, 4) is 0 Å². The van der Waals surface area contributed by atoms with Gasteiger partial charge in [0.2, 0.25) is 0 Å². The first-order chi connectivity index (χ1) is 14.3. The van der Waals surface area contributed by atoms with E-state index >= 15 is 0 Å². The van der Waals surface area contributed by atoms with Crippen molar-refractivity contribution in [2.75, 3.05) is 0 Å². The van der Waals surface area contributed by atoms with Crippen LogP contribution in [0.2, 0.25) is 0 Å². The number of carbonyl (C=O) groups is 2. The number of rotatable bonds is 2. The smallest absolute Gasteiger partial charge is 0.337 e. The molecule has 2 aliphatic rings. The summed E-state index contributed by atoms with van der Waals surface area (Å²) in [6.07, 6.45) is 0.141. The first-order valence-corrected chi connectivity index (χ1v) is 9.58. The van der Waals surface area contributed by atoms with Gasteiger partial charge in [0, 0.05) is 35.4 Å². The fourth-order valence-corrected chi connectivity index (χ4v) is 3.91. The minimum atomic E-state index is -1.79. The van der Waals surface area contributed by atoms with E-state index in [-0.39, 0.29) is 12.8 Å². The van der Waals surface area contributed by atoms with Crippen molar-refractivity contribution < 1.29 is 19.8 Å². The summed E-state index contributed by atoms with van der Waals surface area (Å²) in [5.74, 6) is -2.16. The molecular weight excluding hydrogens is 384 g/mol. The van der Waals surface area contributed by atoms with Gasteiger partial charge in [0.15, 0.2) is 11.4 Å². The zero-order chi connectivity index (χ0) is 21.5. The Hall–Kier alpha value is -3.36. The summed E-state index contributed by atoms with van der Waals surface area (Å²) in [6, 6.07) is 17.1. The van der Waals surface area contributed by atoms with Gasteiger partial charge in [0.1, 0.15) is 0 Å². The minimum absolute atomic E-state index is 0.0707. The maximum Gasteiger partial charge on any atom is 0.337 e. The number of aliphatic hydroxyl groups is 2. The second-order valence-electron chi connectivity index (χ2n) is 7.62. The normalized spacial score (nSPS) is 25.9. The van der Waals surface area contributed by atoms with Gasteiger partial charge in [0.25, 0.3) is 0 Å². The molecule has 30 heavy (non-hydrogen) atoms. The predicted molar refractivity (Wildman–Crippen MR) is 110 cm³/mol. The number of nitrogens with zero attached hydrogens (tertiary/aromatic N) is 4. The van der Waals surface area contributed by atoms with Crippen LogP contribution in [-0.2, 0) is 21.0 Å². The van der Waals surface area contributed by atoms with Gasteiger partial charge in [0.05, 0.1) is 0 Å². The molecule has 2 N–H and O–H groups in total. The van der Waals surface area contributed by atoms with Crippen LogP contribution in [0.4, 0.5) is 0 Å². The van der Waals surface area contributed by atoms with E-state index in [1.165, 1.54) is 0 Å². The minimum Gasteiger partial charge on any atom is -0.365 e. The van der Waals surface area contributed by atoms with Crippen LogP contribution in [0, 0.1) is 0 Å². The first kappa shape index (κ1) is 19.9. The Morgan fingerprint density at radius 2 is 1.07 bits per heavy atom. The summed E-state index contributed by atoms with van der Waals surface area (Å²) in [5.41, 5.74) is -1.70. The molecule has 4 rings (SSSR count). The fourth-order valence-electron chi connectivity index (χ4n) is 3.91. The van der Waals surface area contributed by atoms with E-state index in [4.69, 9.17) is 0 Å². The molecule has 0 aromatic heterocycles. The summed E-state index contributed by atoms with van der Waals surface area (Å²) in [6.45, 7) is 3.34. The monoisotopic (exact) mass is 406 g/mol. The van der Waals surface area contributed by atoms with Gasteiger partial charge in [-0.1, -0.05) is 60.7 Å². The van der Waals surface area contributed by atoms with Crippen LogP contribution in [0.1, 0.15) is 37.8 Å². The molecule has 2 aliphatic heterocycles. The second-order valence-corrected chi connectivity index (χ2v) is 7.62. The Labute approximate surface area is 173 Å². The fraction of sp³-hybridized carbons (Fsp3) is 0.273. The second kappa shape index (κ2) is 7.16. The number of carbonyl (C=O) groups excluding carboxylic acids is 2. The van der Waals surface area contributed by atoms with Crippen LogP contribution in [0.3, 0.4) is 0 Å². The van der Waals surface area contributed by atoms with E-state index < -0.39 is 23.3 Å². The zero-order valence-electron chi connectivity index (χ0n) is 16.7. The number of hydrogen-bond donors (Lipinski definition) is 2. The SMILES string of the molecule is CC1=NN(C(=O)C(=O)N2N=C(C)C[C@]2(O)c2ccccc2)[C@](O)(c2ccccc2)C1. The first-order valence-electron chi connectivity index (χ1n) is 9.58. The maximum atomic E-state index is 13.2. The topological polar surface area (TPSA) is 106 Å². The van der Waals surface area contributed by atoms with Crippen LogP contribution in [0.25, 0.3) is 0 Å². The number of benzene rings is 2. The third kappa shape index (κ3) is 3.10. The van der Waals surface area contributed by atoms with Crippen LogP contribution >= 0.6 is 0 Å². The lowest BCUT2D eigenvalue weighted by molar-refractivity contribution is -0.180. The molecule has 0 saturated carbocycles. The van der Waals surface area contributed by atoms with Crippen LogP contribution in [0.5, 0.6) is 0 Å². The van der Waals surface area contributed by atoms with Gasteiger partial charge in [-0.25, -0.2) is 0 Å². The Kier molecular flexibility index (Phi) is 4.76. The number of hydrazone groups is 2. The van der Waals surface area contributed by atoms with Gasteiger partial charge in [-0.15, -0.1) is 0 Å². The highest BCUT2D eigenvalue weighted by Crippen LogP contribution is 2.38. The molecule has 2 aromatic rings. The van der Waals surface area contributed by atoms with Crippen molar-refractivity contribution in [3.63, 3.8) is 0 Å². The van der Waals surface area contributed by atoms with Gasteiger partial charge in [-0.2, -0.15) is 20.2 Å². The lowest BCUT2D eigenvalue weighted by atomic mass is 9.97. The molecule has 2 heterocycles. The molecule has 8 heteroatoms. The molecule has 0 radical (unpaired) electrons. The van der Waals surface area contributed by atoms with Gasteiger partial charge < -0.3 is 10.2 Å². The van der Waals surface area contributed by atoms with E-state index in [9.17, 15) is 19.8 Å². The average Bonchev–Trinajstić information content (AvgIpc) is 3.24. The molecule has 0 unspecified atom stereocenters. The largest absolute Gasteiger partial charge is 0.365 e. The zero-order valence-corrected chi connectivity index (χ0v) is 16.7. The molecule has 8 nitrogen and oxygen atoms in total. The lowest BCUT2D eigenvalue weighted by Gasteiger charge is -2.34. The summed E-state index contributed by atoms with van der Waals surface area (Å²) in [5, 5.41) is 32.4. The standard InChI is InChI=1S/C22H22N4O4/c1-15-13-21(29,17-9-5-3-6-10-17)25(23-15)19(27)20(28)26-22(30,14-16(2)24-26)18-11-7-4-8-12-18/h3-12,29-30H,13-14H2,1-2H3/t21-,22+. The van der Waals surface area contributed by atoms with E-state index in [1.807, 2.05) is 0 Å². The van der Waals surface area contributed by atoms with E-state index in [1.54, 1.807) is 74.5 Å². The molecule has 2 atom stereocenters. The Bertz CT molecular complexity index is 968. The van der Waals surface area contributed by atoms with Gasteiger partial charge in [-0.05, 0) is 13.8 Å². The van der Waals surface area contributed by atoms with E-state index in [2.05, 4.69) is 10.2 Å². The Morgan fingerprint density at radius 1 is 0.733 bits per heavy atom. The van der Waals surface area contributed by atoms with Crippen molar-refractivity contribution in [1.82, 2.24) is 10.0 Å². The van der Waals surface area contributed by atoms with Gasteiger partial charge in [-0.3, -0.25) is 9.59 Å². The number of hydrogen-bond acceptors (Lipinski definition) is 6. The highest BCUT2D eigenvalue weighted by atomic mass is 16.3. The summed E-state index contributed by atoms with van der Waals surface area (Å²) in [4.78, 5) is 26.4. The highest BCUT2D eigenvalue weighted by Gasteiger charge is 2.52. The molecule has 2 aromatic carbocycles. The molecule has 2 amide bonds. The molecule has 0 bridgehead atoms. The summed E-state index contributed by atoms with van der Waals surface area (Å²) >= 11 is 0. The molecule has 0 fully saturated rings. The molecule has 0 saturated heterocycles. The number of amides is 2. The quantitative estimate of drug-likeness (QED) is 0.743. The van der Waals surface area contributed by atoms with Crippen LogP contribution < -0.4 is 0 Å². The summed E-state index contributed by atoms with van der Waals surface area (Å²) in [7, 11) is 0. The predicted octanol–water partition coefficient (Wildman–Crippen LogP) is 1.89. The third-order valence-electron chi connectivity index (χ3n) is 5.29. The van der Waals surface area contributed by atoms with Crippen molar-refractivity contribution >= 4 is 23.2 Å². The average molecular weight is 406 g/mol. The maximum absolute atomic E-state index is 13.2.